The molecule has 0 spiro atoms. The van der Waals surface area contributed by atoms with Gasteiger partial charge in [-0.3, -0.25) is 20.2 Å². The van der Waals surface area contributed by atoms with Crippen molar-refractivity contribution in [1.82, 2.24) is 0 Å². The number of nitrogens with zero attached hydrogens (tertiary/aromatic N) is 3. The van der Waals surface area contributed by atoms with Crippen LogP contribution in [-0.2, 0) is 19.1 Å². The van der Waals surface area contributed by atoms with E-state index in [4.69, 9.17) is 14.2 Å². The molecule has 1 aromatic rings. The summed E-state index contributed by atoms with van der Waals surface area (Å²) in [5.41, 5.74) is -3.07. The Balaban J connectivity index is 2.40. The normalized spacial score (nSPS) is 14.7. The van der Waals surface area contributed by atoms with Crippen LogP contribution in [0.2, 0.25) is 0 Å². The van der Waals surface area contributed by atoms with Crippen LogP contribution in [0, 0.1) is 20.2 Å². The maximum Gasteiger partial charge on any atom is 0.393 e. The van der Waals surface area contributed by atoms with Crippen molar-refractivity contribution in [3.8, 4) is 11.5 Å². The fourth-order valence-corrected chi connectivity index (χ4v) is 3.03. The van der Waals surface area contributed by atoms with Crippen molar-refractivity contribution in [2.24, 2.45) is 0 Å². The van der Waals surface area contributed by atoms with Crippen molar-refractivity contribution in [3.05, 3.63) is 62.0 Å². The van der Waals surface area contributed by atoms with E-state index in [1.54, 1.807) is 0 Å². The first-order valence-corrected chi connectivity index (χ1v) is 8.62. The molecule has 2 aliphatic heterocycles. The number of hydrogen-bond acceptors (Lipinski definition) is 11. The van der Waals surface area contributed by atoms with Gasteiger partial charge in [0.05, 0.1) is 29.6 Å². The summed E-state index contributed by atoms with van der Waals surface area (Å²) in [5.74, 6) is -2.50. The molecule has 13 nitrogen and oxygen atoms in total. The lowest BCUT2D eigenvalue weighted by atomic mass is 10.1. The standard InChI is InChI=1S/C18H15N3O10/c1-28-17(22)10-5-3-4-6-19(13(10)18(23)29-2)11-9-12-16(31-8-7-30-12)15(21(26)27)14(11)20(24)25/h3-6,9H,7-8H2,1-2H3. The van der Waals surface area contributed by atoms with Crippen LogP contribution < -0.4 is 14.4 Å². The maximum absolute atomic E-state index is 12.6. The fourth-order valence-electron chi connectivity index (χ4n) is 3.03. The van der Waals surface area contributed by atoms with Crippen LogP contribution >= 0.6 is 0 Å². The Labute approximate surface area is 174 Å². The molecule has 31 heavy (non-hydrogen) atoms. The minimum atomic E-state index is -1.04. The molecule has 0 aromatic heterocycles. The highest BCUT2D eigenvalue weighted by Crippen LogP contribution is 2.51. The van der Waals surface area contributed by atoms with Gasteiger partial charge in [0.15, 0.2) is 5.75 Å². The number of fused-ring (bicyclic) bond motifs is 1. The van der Waals surface area contributed by atoms with Crippen molar-refractivity contribution >= 4 is 29.0 Å². The van der Waals surface area contributed by atoms with E-state index in [2.05, 4.69) is 4.74 Å². The van der Waals surface area contributed by atoms with E-state index in [-0.39, 0.29) is 24.5 Å². The Morgan fingerprint density at radius 2 is 1.65 bits per heavy atom. The molecule has 0 saturated heterocycles. The summed E-state index contributed by atoms with van der Waals surface area (Å²) in [4.78, 5) is 47.4. The number of nitro groups is 2. The topological polar surface area (TPSA) is 161 Å². The molecule has 1 aromatic carbocycles. The summed E-state index contributed by atoms with van der Waals surface area (Å²) in [5, 5.41) is 23.6. The molecule has 0 amide bonds. The summed E-state index contributed by atoms with van der Waals surface area (Å²) in [7, 11) is 2.12. The minimum absolute atomic E-state index is 0.0440. The predicted molar refractivity (Wildman–Crippen MR) is 103 cm³/mol. The number of esters is 2. The number of nitro benzene ring substituents is 2. The van der Waals surface area contributed by atoms with Crippen molar-refractivity contribution in [2.45, 2.75) is 0 Å². The molecule has 0 fully saturated rings. The van der Waals surface area contributed by atoms with Gasteiger partial charge in [-0.15, -0.1) is 0 Å². The molecule has 2 aliphatic rings. The smallest absolute Gasteiger partial charge is 0.393 e. The van der Waals surface area contributed by atoms with Crippen molar-refractivity contribution < 1.29 is 38.4 Å². The lowest BCUT2D eigenvalue weighted by Gasteiger charge is -2.25. The second-order valence-corrected chi connectivity index (χ2v) is 5.95. The number of allylic oxidation sites excluding steroid dienone is 2. The van der Waals surface area contributed by atoms with Crippen LogP contribution in [-0.4, -0.2) is 49.2 Å². The van der Waals surface area contributed by atoms with Gasteiger partial charge in [-0.05, 0) is 12.2 Å². The summed E-state index contributed by atoms with van der Waals surface area (Å²) in [6.45, 7) is 0.00356. The Morgan fingerprint density at radius 3 is 2.26 bits per heavy atom. The largest absolute Gasteiger partial charge is 0.486 e. The third-order valence-corrected chi connectivity index (χ3v) is 4.27. The average molecular weight is 433 g/mol. The Bertz CT molecular complexity index is 1070. The highest BCUT2D eigenvalue weighted by atomic mass is 16.6. The van der Waals surface area contributed by atoms with Gasteiger partial charge in [0.25, 0.3) is 0 Å². The zero-order valence-electron chi connectivity index (χ0n) is 16.2. The number of carbonyl (C=O) groups excluding carboxylic acids is 2. The summed E-state index contributed by atoms with van der Waals surface area (Å²) >= 11 is 0. The lowest BCUT2D eigenvalue weighted by molar-refractivity contribution is -0.422. The molecule has 0 radical (unpaired) electrons. The van der Waals surface area contributed by atoms with Crippen LogP contribution in [0.25, 0.3) is 0 Å². The number of rotatable bonds is 5. The summed E-state index contributed by atoms with van der Waals surface area (Å²) in [6, 6.07) is 1.12. The first kappa shape index (κ1) is 21.3. The molecule has 0 atom stereocenters. The van der Waals surface area contributed by atoms with Gasteiger partial charge < -0.3 is 23.8 Å². The molecule has 0 aliphatic carbocycles. The van der Waals surface area contributed by atoms with Gasteiger partial charge in [-0.1, -0.05) is 6.08 Å². The predicted octanol–water partition coefficient (Wildman–Crippen LogP) is 1.76. The molecule has 2 heterocycles. The van der Waals surface area contributed by atoms with Crippen molar-refractivity contribution in [1.29, 1.82) is 0 Å². The first-order valence-electron chi connectivity index (χ1n) is 8.62. The fraction of sp³-hybridized carbons (Fsp3) is 0.222. The van der Waals surface area contributed by atoms with Crippen LogP contribution in [0.15, 0.2) is 41.8 Å². The molecule has 0 N–H and O–H groups in total. The van der Waals surface area contributed by atoms with Gasteiger partial charge >= 0.3 is 23.3 Å². The number of methoxy groups -OCH3 is 2. The number of anilines is 1. The number of carbonyl (C=O) groups is 2. The van der Waals surface area contributed by atoms with Gasteiger partial charge in [0, 0.05) is 12.3 Å². The highest BCUT2D eigenvalue weighted by Gasteiger charge is 2.42. The van der Waals surface area contributed by atoms with E-state index in [1.807, 2.05) is 0 Å². The first-order chi connectivity index (χ1) is 14.8. The monoisotopic (exact) mass is 433 g/mol. The Morgan fingerprint density at radius 1 is 1.00 bits per heavy atom. The Hall–Kier alpha value is -4.42. The average Bonchev–Trinajstić information content (AvgIpc) is 2.99. The van der Waals surface area contributed by atoms with Gasteiger partial charge in [-0.2, -0.15) is 0 Å². The zero-order chi connectivity index (χ0) is 22.7. The summed E-state index contributed by atoms with van der Waals surface area (Å²) in [6.07, 6.45) is 5.20. The molecule has 3 rings (SSSR count). The number of hydrogen-bond donors (Lipinski definition) is 0. The van der Waals surface area contributed by atoms with Crippen LogP contribution in [0.4, 0.5) is 17.1 Å². The van der Waals surface area contributed by atoms with Crippen molar-refractivity contribution in [3.63, 3.8) is 0 Å². The van der Waals surface area contributed by atoms with Gasteiger partial charge in [0.2, 0.25) is 5.75 Å². The zero-order valence-corrected chi connectivity index (χ0v) is 16.2. The molecule has 0 saturated carbocycles. The SMILES string of the molecule is COC(=O)C1=C(C(=O)OC)N(c2cc3c(c([N+](=O)[O-])c2[N+](=O)[O-])OCCO3)C=CC=C1. The molecule has 13 heteroatoms. The molecule has 0 bridgehead atoms. The van der Waals surface area contributed by atoms with E-state index >= 15 is 0 Å². The van der Waals surface area contributed by atoms with E-state index in [0.717, 1.165) is 25.2 Å². The second kappa shape index (κ2) is 8.52. The van der Waals surface area contributed by atoms with E-state index < -0.39 is 50.3 Å². The second-order valence-electron chi connectivity index (χ2n) is 5.95. The third-order valence-electron chi connectivity index (χ3n) is 4.27. The molecule has 162 valence electrons. The van der Waals surface area contributed by atoms with E-state index in [9.17, 15) is 29.8 Å². The molecule has 0 unspecified atom stereocenters. The van der Waals surface area contributed by atoms with E-state index in [1.165, 1.54) is 24.4 Å². The van der Waals surface area contributed by atoms with Crippen molar-refractivity contribution in [2.75, 3.05) is 32.3 Å². The number of ether oxygens (including phenoxy) is 4. The van der Waals surface area contributed by atoms with E-state index in [0.29, 0.717) is 0 Å². The molecular weight excluding hydrogens is 418 g/mol. The van der Waals surface area contributed by atoms with Gasteiger partial charge in [0.1, 0.15) is 24.6 Å². The van der Waals surface area contributed by atoms with Crippen LogP contribution in [0.5, 0.6) is 11.5 Å². The molecular formula is C18H15N3O10. The quantitative estimate of drug-likeness (QED) is 0.378. The lowest BCUT2D eigenvalue weighted by Crippen LogP contribution is -2.28. The summed E-state index contributed by atoms with van der Waals surface area (Å²) < 4.78 is 20.1. The Kier molecular flexibility index (Phi) is 5.85. The van der Waals surface area contributed by atoms with Crippen LogP contribution in [0.3, 0.4) is 0 Å². The highest BCUT2D eigenvalue weighted by molar-refractivity contribution is 6.06. The third kappa shape index (κ3) is 3.75. The number of benzene rings is 1. The van der Waals surface area contributed by atoms with Gasteiger partial charge in [-0.25, -0.2) is 9.59 Å². The maximum atomic E-state index is 12.6. The van der Waals surface area contributed by atoms with Crippen LogP contribution in [0.1, 0.15) is 0 Å². The minimum Gasteiger partial charge on any atom is -0.486 e.